The van der Waals surface area contributed by atoms with Crippen LogP contribution in [0.25, 0.3) is 0 Å². The van der Waals surface area contributed by atoms with E-state index in [0.29, 0.717) is 10.6 Å². The first-order chi connectivity index (χ1) is 9.17. The summed E-state index contributed by atoms with van der Waals surface area (Å²) in [7, 11) is 0. The van der Waals surface area contributed by atoms with E-state index >= 15 is 0 Å². The van der Waals surface area contributed by atoms with Crippen molar-refractivity contribution in [2.75, 3.05) is 6.54 Å². The van der Waals surface area contributed by atoms with Crippen LogP contribution in [0.15, 0.2) is 24.6 Å². The van der Waals surface area contributed by atoms with Crippen LogP contribution < -0.4 is 5.32 Å². The first-order valence-corrected chi connectivity index (χ1v) is 7.77. The number of hydrogen-bond donors (Lipinski definition) is 2. The van der Waals surface area contributed by atoms with E-state index in [-0.39, 0.29) is 6.23 Å². The number of allylic oxidation sites excluding steroid dienone is 2. The van der Waals surface area contributed by atoms with Crippen LogP contribution in [-0.4, -0.2) is 28.5 Å². The summed E-state index contributed by atoms with van der Waals surface area (Å²) in [4.78, 5) is 0. The quantitative estimate of drug-likeness (QED) is 0.381. The van der Waals surface area contributed by atoms with Crippen molar-refractivity contribution in [1.82, 2.24) is 5.32 Å². The molecule has 0 saturated heterocycles. The molecule has 0 amide bonds. The van der Waals surface area contributed by atoms with Crippen molar-refractivity contribution in [3.05, 3.63) is 24.6 Å². The molecule has 0 bridgehead atoms. The highest BCUT2D eigenvalue weighted by Crippen LogP contribution is 2.25. The van der Waals surface area contributed by atoms with Crippen molar-refractivity contribution in [2.45, 2.75) is 71.7 Å². The second kappa shape index (κ2) is 8.39. The molecule has 0 radical (unpaired) electrons. The van der Waals surface area contributed by atoms with Gasteiger partial charge < -0.3 is 10.4 Å². The van der Waals surface area contributed by atoms with Crippen LogP contribution in [0, 0.1) is 0 Å². The maximum atomic E-state index is 10.0. The minimum Gasteiger partial charge on any atom is -0.345 e. The Morgan fingerprint density at radius 1 is 1.32 bits per heavy atom. The van der Waals surface area contributed by atoms with E-state index in [0.717, 1.165) is 13.0 Å². The fourth-order valence-electron chi connectivity index (χ4n) is 2.95. The van der Waals surface area contributed by atoms with E-state index in [1.807, 2.05) is 13.1 Å². The summed E-state index contributed by atoms with van der Waals surface area (Å²) >= 11 is 0. The fourth-order valence-corrected chi connectivity index (χ4v) is 2.95. The lowest BCUT2D eigenvalue weighted by molar-refractivity contribution is -0.942. The largest absolute Gasteiger partial charge is 0.345 e. The van der Waals surface area contributed by atoms with Crippen molar-refractivity contribution in [3.8, 4) is 0 Å². The maximum absolute atomic E-state index is 10.0. The van der Waals surface area contributed by atoms with Gasteiger partial charge in [-0.15, -0.1) is 0 Å². The minimum atomic E-state index is -0.337. The third-order valence-electron chi connectivity index (χ3n) is 4.30. The number of rotatable bonds is 9. The molecule has 3 atom stereocenters. The minimum absolute atomic E-state index is 0.337. The normalized spacial score (nSPS) is 27.9. The standard InChI is InChI=1S/C16H31N2O/c1-4-6-7-8-9-10-11-12-16-17-13-14-18(16,5-2)15(3)19/h4,6,13-17,19H,5,7-12H2,1-3H3/q+1/b6-4+. The summed E-state index contributed by atoms with van der Waals surface area (Å²) < 4.78 is 0.665. The fraction of sp³-hybridized carbons (Fsp3) is 0.750. The summed E-state index contributed by atoms with van der Waals surface area (Å²) in [6.07, 6.45) is 16.0. The molecule has 1 aliphatic rings. The second-order valence-electron chi connectivity index (χ2n) is 5.50. The molecule has 0 fully saturated rings. The number of quaternary nitrogens is 1. The number of hydrogen-bond acceptors (Lipinski definition) is 2. The molecule has 1 rings (SSSR count). The van der Waals surface area contributed by atoms with Gasteiger partial charge in [-0.25, -0.2) is 0 Å². The number of nitrogens with zero attached hydrogens (tertiary/aromatic N) is 1. The smallest absolute Gasteiger partial charge is 0.193 e. The van der Waals surface area contributed by atoms with Crippen LogP contribution in [0.2, 0.25) is 0 Å². The molecule has 3 nitrogen and oxygen atoms in total. The van der Waals surface area contributed by atoms with Gasteiger partial charge in [-0.05, 0) is 33.1 Å². The molecule has 0 saturated carbocycles. The topological polar surface area (TPSA) is 32.3 Å². The van der Waals surface area contributed by atoms with Gasteiger partial charge in [0.15, 0.2) is 12.4 Å². The predicted octanol–water partition coefficient (Wildman–Crippen LogP) is 3.48. The van der Waals surface area contributed by atoms with Gasteiger partial charge in [0.05, 0.1) is 12.7 Å². The summed E-state index contributed by atoms with van der Waals surface area (Å²) in [5.41, 5.74) is 0. The molecule has 110 valence electrons. The number of aliphatic hydroxyl groups excluding tert-OH is 1. The molecule has 0 aromatic rings. The van der Waals surface area contributed by atoms with Crippen molar-refractivity contribution in [1.29, 1.82) is 0 Å². The van der Waals surface area contributed by atoms with E-state index in [4.69, 9.17) is 0 Å². The zero-order chi connectivity index (χ0) is 14.1. The molecule has 3 heteroatoms. The Hall–Kier alpha value is -0.800. The Labute approximate surface area is 118 Å². The molecule has 0 aromatic heterocycles. The lowest BCUT2D eigenvalue weighted by Gasteiger charge is -2.39. The van der Waals surface area contributed by atoms with E-state index in [1.54, 1.807) is 0 Å². The number of aliphatic hydroxyl groups is 1. The molecule has 19 heavy (non-hydrogen) atoms. The number of unbranched alkanes of at least 4 members (excludes halogenated alkanes) is 4. The molecular formula is C16H31N2O+. The zero-order valence-corrected chi connectivity index (χ0v) is 12.8. The van der Waals surface area contributed by atoms with Gasteiger partial charge in [-0.1, -0.05) is 25.0 Å². The zero-order valence-electron chi connectivity index (χ0n) is 12.8. The van der Waals surface area contributed by atoms with Crippen molar-refractivity contribution in [3.63, 3.8) is 0 Å². The van der Waals surface area contributed by atoms with Gasteiger partial charge in [-0.3, -0.25) is 4.48 Å². The average molecular weight is 267 g/mol. The van der Waals surface area contributed by atoms with Crippen molar-refractivity contribution in [2.24, 2.45) is 0 Å². The molecule has 0 aliphatic carbocycles. The van der Waals surface area contributed by atoms with Gasteiger partial charge >= 0.3 is 0 Å². The maximum Gasteiger partial charge on any atom is 0.193 e. The third kappa shape index (κ3) is 4.36. The average Bonchev–Trinajstić information content (AvgIpc) is 2.82. The van der Waals surface area contributed by atoms with Crippen LogP contribution in [0.5, 0.6) is 0 Å². The second-order valence-corrected chi connectivity index (χ2v) is 5.50. The highest BCUT2D eigenvalue weighted by molar-refractivity contribution is 4.84. The van der Waals surface area contributed by atoms with Crippen LogP contribution in [0.4, 0.5) is 0 Å². The summed E-state index contributed by atoms with van der Waals surface area (Å²) in [5, 5.41) is 13.5. The first-order valence-electron chi connectivity index (χ1n) is 7.77. The molecule has 1 heterocycles. The van der Waals surface area contributed by atoms with Crippen LogP contribution in [0.1, 0.15) is 59.3 Å². The lowest BCUT2D eigenvalue weighted by atomic mass is 10.1. The Balaban J connectivity index is 2.25. The number of nitrogens with one attached hydrogen (secondary N) is 1. The Morgan fingerprint density at radius 3 is 2.68 bits per heavy atom. The predicted molar refractivity (Wildman–Crippen MR) is 81.1 cm³/mol. The van der Waals surface area contributed by atoms with E-state index < -0.39 is 0 Å². The third-order valence-corrected chi connectivity index (χ3v) is 4.30. The van der Waals surface area contributed by atoms with E-state index in [1.165, 1.54) is 32.1 Å². The van der Waals surface area contributed by atoms with Crippen molar-refractivity contribution < 1.29 is 9.59 Å². The molecule has 1 aliphatic heterocycles. The van der Waals surface area contributed by atoms with E-state index in [2.05, 4.69) is 37.5 Å². The Bertz CT molecular complexity index is 299. The highest BCUT2D eigenvalue weighted by Gasteiger charge is 2.40. The Morgan fingerprint density at radius 2 is 2.05 bits per heavy atom. The molecule has 3 unspecified atom stereocenters. The van der Waals surface area contributed by atoms with Gasteiger partial charge in [0.25, 0.3) is 0 Å². The van der Waals surface area contributed by atoms with Gasteiger partial charge in [0.2, 0.25) is 0 Å². The van der Waals surface area contributed by atoms with Crippen LogP contribution in [-0.2, 0) is 0 Å². The summed E-state index contributed by atoms with van der Waals surface area (Å²) in [6, 6.07) is 0. The van der Waals surface area contributed by atoms with Gasteiger partial charge in [0.1, 0.15) is 6.20 Å². The molecule has 2 N–H and O–H groups in total. The van der Waals surface area contributed by atoms with Crippen LogP contribution in [0.3, 0.4) is 0 Å². The Kier molecular flexibility index (Phi) is 7.17. The molecule has 0 spiro atoms. The molecular weight excluding hydrogens is 236 g/mol. The van der Waals surface area contributed by atoms with E-state index in [9.17, 15) is 5.11 Å². The first kappa shape index (κ1) is 16.3. The van der Waals surface area contributed by atoms with Gasteiger partial charge in [0, 0.05) is 13.3 Å². The van der Waals surface area contributed by atoms with Crippen molar-refractivity contribution >= 4 is 0 Å². The monoisotopic (exact) mass is 267 g/mol. The summed E-state index contributed by atoms with van der Waals surface area (Å²) in [5.74, 6) is 0. The van der Waals surface area contributed by atoms with Crippen LogP contribution >= 0.6 is 0 Å². The molecule has 0 aromatic carbocycles. The SMILES string of the molecule is C/C=C/CCCCCCC1NC=C[N+]1(CC)C(C)O. The lowest BCUT2D eigenvalue weighted by Crippen LogP contribution is -2.57. The summed E-state index contributed by atoms with van der Waals surface area (Å²) in [6.45, 7) is 7.06. The van der Waals surface area contributed by atoms with Gasteiger partial charge in [-0.2, -0.15) is 0 Å². The highest BCUT2D eigenvalue weighted by atomic mass is 16.3.